The summed E-state index contributed by atoms with van der Waals surface area (Å²) in [5, 5.41) is 1.06. The number of thiol groups is 1. The van der Waals surface area contributed by atoms with E-state index in [2.05, 4.69) is 12.6 Å². The van der Waals surface area contributed by atoms with Crippen molar-refractivity contribution in [2.24, 2.45) is 0 Å². The zero-order valence-corrected chi connectivity index (χ0v) is 7.36. The van der Waals surface area contributed by atoms with Crippen LogP contribution in [0.25, 0.3) is 0 Å². The summed E-state index contributed by atoms with van der Waals surface area (Å²) in [5.41, 5.74) is 1.20. The molecule has 54 valence electrons. The van der Waals surface area contributed by atoms with Gasteiger partial charge in [0.2, 0.25) is 0 Å². The summed E-state index contributed by atoms with van der Waals surface area (Å²) in [6, 6.07) is 7.73. The molecule has 0 N–H and O–H groups in total. The van der Waals surface area contributed by atoms with Crippen molar-refractivity contribution in [3.05, 3.63) is 34.9 Å². The van der Waals surface area contributed by atoms with E-state index >= 15 is 0 Å². The Kier molecular flexibility index (Phi) is 2.64. The Bertz CT molecular complexity index is 203. The van der Waals surface area contributed by atoms with E-state index in [9.17, 15) is 0 Å². The van der Waals surface area contributed by atoms with Gasteiger partial charge < -0.3 is 0 Å². The summed E-state index contributed by atoms with van der Waals surface area (Å²) in [6.45, 7) is 2.03. The normalized spacial score (nSPS) is 13.1. The van der Waals surface area contributed by atoms with Crippen molar-refractivity contribution in [1.29, 1.82) is 0 Å². The lowest BCUT2D eigenvalue weighted by molar-refractivity contribution is 1.11. The molecule has 0 radical (unpaired) electrons. The Morgan fingerprint density at radius 2 is 1.80 bits per heavy atom. The van der Waals surface area contributed by atoms with Gasteiger partial charge in [-0.2, -0.15) is 12.6 Å². The van der Waals surface area contributed by atoms with E-state index in [1.165, 1.54) is 5.56 Å². The van der Waals surface area contributed by atoms with Gasteiger partial charge in [-0.1, -0.05) is 23.7 Å². The third-order valence-corrected chi connectivity index (χ3v) is 1.90. The molecule has 0 spiro atoms. The molecule has 1 aromatic rings. The van der Waals surface area contributed by atoms with Crippen molar-refractivity contribution < 1.29 is 0 Å². The monoisotopic (exact) mass is 172 g/mol. The van der Waals surface area contributed by atoms with Crippen LogP contribution in [0.4, 0.5) is 0 Å². The molecule has 0 unspecified atom stereocenters. The summed E-state index contributed by atoms with van der Waals surface area (Å²) < 4.78 is 0. The Morgan fingerprint density at radius 3 is 2.20 bits per heavy atom. The zero-order valence-electron chi connectivity index (χ0n) is 5.71. The number of rotatable bonds is 1. The molecular formula is C8H9ClS. The van der Waals surface area contributed by atoms with Gasteiger partial charge in [0.1, 0.15) is 0 Å². The van der Waals surface area contributed by atoms with Crippen molar-refractivity contribution in [2.75, 3.05) is 0 Å². The molecule has 0 saturated carbocycles. The maximum atomic E-state index is 5.69. The highest BCUT2D eigenvalue weighted by atomic mass is 35.5. The third kappa shape index (κ3) is 1.93. The lowest BCUT2D eigenvalue weighted by atomic mass is 10.2. The molecule has 0 fully saturated rings. The maximum absolute atomic E-state index is 5.69. The molecule has 0 amide bonds. The van der Waals surface area contributed by atoms with E-state index in [0.29, 0.717) is 0 Å². The molecule has 0 saturated heterocycles. The molecule has 2 heteroatoms. The third-order valence-electron chi connectivity index (χ3n) is 1.35. The summed E-state index contributed by atoms with van der Waals surface area (Å²) in [4.78, 5) is 0. The number of halogens is 1. The smallest absolute Gasteiger partial charge is 0.0406 e. The largest absolute Gasteiger partial charge is 0.171 e. The first-order valence-corrected chi connectivity index (χ1v) is 4.03. The molecule has 0 aliphatic heterocycles. The number of hydrogen-bond donors (Lipinski definition) is 1. The molecule has 1 rings (SSSR count). The Balaban J connectivity index is 2.89. The second-order valence-corrected chi connectivity index (χ2v) is 3.44. The van der Waals surface area contributed by atoms with Crippen molar-refractivity contribution in [1.82, 2.24) is 0 Å². The van der Waals surface area contributed by atoms with Gasteiger partial charge in [-0.15, -0.1) is 0 Å². The van der Waals surface area contributed by atoms with Crippen LogP contribution in [0.3, 0.4) is 0 Å². The van der Waals surface area contributed by atoms with Crippen LogP contribution in [0.15, 0.2) is 24.3 Å². The molecule has 0 aliphatic rings. The fraction of sp³-hybridized carbons (Fsp3) is 0.250. The highest BCUT2D eigenvalue weighted by molar-refractivity contribution is 7.80. The van der Waals surface area contributed by atoms with Gasteiger partial charge in [-0.05, 0) is 24.6 Å². The van der Waals surface area contributed by atoms with Gasteiger partial charge in [-0.25, -0.2) is 0 Å². The minimum absolute atomic E-state index is 0.289. The van der Waals surface area contributed by atoms with E-state index in [0.717, 1.165) is 5.02 Å². The summed E-state index contributed by atoms with van der Waals surface area (Å²) in [5.74, 6) is 0. The second-order valence-electron chi connectivity index (χ2n) is 2.23. The SMILES string of the molecule is C[C@H](S)c1ccc(Cl)cc1. The molecule has 0 bridgehead atoms. The zero-order chi connectivity index (χ0) is 7.56. The minimum atomic E-state index is 0.289. The Hall–Kier alpha value is -0.140. The van der Waals surface area contributed by atoms with Gasteiger partial charge in [0.05, 0.1) is 0 Å². The van der Waals surface area contributed by atoms with E-state index in [-0.39, 0.29) is 5.25 Å². The molecule has 1 aromatic carbocycles. The first-order chi connectivity index (χ1) is 4.70. The van der Waals surface area contributed by atoms with Crippen molar-refractivity contribution in [3.63, 3.8) is 0 Å². The molecule has 0 nitrogen and oxygen atoms in total. The van der Waals surface area contributed by atoms with Gasteiger partial charge in [0.25, 0.3) is 0 Å². The topological polar surface area (TPSA) is 0 Å². The average molecular weight is 173 g/mol. The van der Waals surface area contributed by atoms with E-state index in [1.54, 1.807) is 0 Å². The molecule has 0 heterocycles. The Labute approximate surface area is 71.6 Å². The summed E-state index contributed by atoms with van der Waals surface area (Å²) in [6.07, 6.45) is 0. The second kappa shape index (κ2) is 3.31. The van der Waals surface area contributed by atoms with Gasteiger partial charge in [0, 0.05) is 10.3 Å². The molecule has 0 aliphatic carbocycles. The van der Waals surface area contributed by atoms with Gasteiger partial charge in [-0.3, -0.25) is 0 Å². The van der Waals surface area contributed by atoms with Gasteiger partial charge >= 0.3 is 0 Å². The Morgan fingerprint density at radius 1 is 1.30 bits per heavy atom. The van der Waals surface area contributed by atoms with Gasteiger partial charge in [0.15, 0.2) is 0 Å². The highest BCUT2D eigenvalue weighted by Crippen LogP contribution is 2.20. The van der Waals surface area contributed by atoms with Crippen LogP contribution in [-0.4, -0.2) is 0 Å². The quantitative estimate of drug-likeness (QED) is 0.618. The minimum Gasteiger partial charge on any atom is -0.171 e. The van der Waals surface area contributed by atoms with Crippen LogP contribution in [0.1, 0.15) is 17.7 Å². The maximum Gasteiger partial charge on any atom is 0.0406 e. The standard InChI is InChI=1S/C8H9ClS/c1-6(10)7-2-4-8(9)5-3-7/h2-6,10H,1H3/t6-/m0/s1. The molecule has 0 aromatic heterocycles. The summed E-state index contributed by atoms with van der Waals surface area (Å²) in [7, 11) is 0. The predicted octanol–water partition coefficient (Wildman–Crippen LogP) is 3.33. The first-order valence-electron chi connectivity index (χ1n) is 3.13. The van der Waals surface area contributed by atoms with E-state index in [1.807, 2.05) is 31.2 Å². The lowest BCUT2D eigenvalue weighted by Crippen LogP contribution is -1.81. The fourth-order valence-electron chi connectivity index (χ4n) is 0.741. The molecule has 1 atom stereocenters. The van der Waals surface area contributed by atoms with Crippen LogP contribution >= 0.6 is 24.2 Å². The van der Waals surface area contributed by atoms with Crippen LogP contribution in [0.5, 0.6) is 0 Å². The average Bonchev–Trinajstić information content (AvgIpc) is 1.88. The van der Waals surface area contributed by atoms with E-state index in [4.69, 9.17) is 11.6 Å². The van der Waals surface area contributed by atoms with Crippen molar-refractivity contribution in [2.45, 2.75) is 12.2 Å². The van der Waals surface area contributed by atoms with Crippen LogP contribution in [0, 0.1) is 0 Å². The number of hydrogen-bond acceptors (Lipinski definition) is 1. The fourth-order valence-corrected chi connectivity index (χ4v) is 1.04. The highest BCUT2D eigenvalue weighted by Gasteiger charge is 1.96. The predicted molar refractivity (Wildman–Crippen MR) is 48.9 cm³/mol. The van der Waals surface area contributed by atoms with Crippen LogP contribution < -0.4 is 0 Å². The lowest BCUT2D eigenvalue weighted by Gasteiger charge is -2.02. The van der Waals surface area contributed by atoms with Crippen molar-refractivity contribution >= 4 is 24.2 Å². The van der Waals surface area contributed by atoms with Crippen LogP contribution in [-0.2, 0) is 0 Å². The van der Waals surface area contributed by atoms with Crippen LogP contribution in [0.2, 0.25) is 5.02 Å². The van der Waals surface area contributed by atoms with Crippen molar-refractivity contribution in [3.8, 4) is 0 Å². The molecular weight excluding hydrogens is 164 g/mol. The first kappa shape index (κ1) is 7.96. The van der Waals surface area contributed by atoms with E-state index < -0.39 is 0 Å². The number of benzene rings is 1. The molecule has 10 heavy (non-hydrogen) atoms. The summed E-state index contributed by atoms with van der Waals surface area (Å²) >= 11 is 9.97.